The van der Waals surface area contributed by atoms with Crippen molar-refractivity contribution in [3.63, 3.8) is 0 Å². The highest BCUT2D eigenvalue weighted by Gasteiger charge is 2.37. The van der Waals surface area contributed by atoms with Crippen molar-refractivity contribution in [3.05, 3.63) is 0 Å². The summed E-state index contributed by atoms with van der Waals surface area (Å²) in [7, 11) is 0. The van der Waals surface area contributed by atoms with E-state index in [9.17, 15) is 4.79 Å². The van der Waals surface area contributed by atoms with Crippen molar-refractivity contribution in [1.82, 2.24) is 5.48 Å². The first-order chi connectivity index (χ1) is 5.90. The predicted octanol–water partition coefficient (Wildman–Crippen LogP) is 1.17. The lowest BCUT2D eigenvalue weighted by molar-refractivity contribution is -0.151. The second-order valence-electron chi connectivity index (χ2n) is 4.49. The second-order valence-corrected chi connectivity index (χ2v) is 4.49. The Morgan fingerprint density at radius 3 is 2.38 bits per heavy atom. The molecule has 0 aromatic heterocycles. The summed E-state index contributed by atoms with van der Waals surface area (Å²) in [6.07, 6.45) is 1.97. The van der Waals surface area contributed by atoms with Crippen LogP contribution in [0.3, 0.4) is 0 Å². The highest BCUT2D eigenvalue weighted by Crippen LogP contribution is 2.32. The van der Waals surface area contributed by atoms with Gasteiger partial charge in [-0.2, -0.15) is 5.48 Å². The molecule has 0 radical (unpaired) electrons. The van der Waals surface area contributed by atoms with Crippen LogP contribution in [-0.2, 0) is 9.63 Å². The Kier molecular flexibility index (Phi) is 2.93. The highest BCUT2D eigenvalue weighted by atomic mass is 16.7. The molecule has 76 valence electrons. The van der Waals surface area contributed by atoms with E-state index < -0.39 is 12.0 Å². The van der Waals surface area contributed by atoms with Crippen molar-refractivity contribution in [2.45, 2.75) is 45.3 Å². The number of rotatable bonds is 4. The molecule has 1 unspecified atom stereocenters. The van der Waals surface area contributed by atoms with Crippen molar-refractivity contribution >= 4 is 5.97 Å². The lowest BCUT2D eigenvalue weighted by atomic mass is 10.2. The van der Waals surface area contributed by atoms with Gasteiger partial charge in [-0.1, -0.05) is 0 Å². The van der Waals surface area contributed by atoms with E-state index in [0.29, 0.717) is 0 Å². The largest absolute Gasteiger partial charge is 0.480 e. The van der Waals surface area contributed by atoms with Gasteiger partial charge in [0, 0.05) is 0 Å². The van der Waals surface area contributed by atoms with E-state index in [2.05, 4.69) is 5.48 Å². The molecule has 1 aliphatic carbocycles. The summed E-state index contributed by atoms with van der Waals surface area (Å²) in [4.78, 5) is 16.0. The van der Waals surface area contributed by atoms with Gasteiger partial charge in [-0.25, -0.2) is 0 Å². The van der Waals surface area contributed by atoms with Crippen LogP contribution in [0.5, 0.6) is 0 Å². The molecule has 0 bridgehead atoms. The Labute approximate surface area is 78.2 Å². The molecular formula is C9H17NO3. The maximum Gasteiger partial charge on any atom is 0.323 e. The SMILES string of the molecule is CC(C)(C)ONC(C(=O)O)C1CC1. The Bertz CT molecular complexity index is 194. The summed E-state index contributed by atoms with van der Waals surface area (Å²) in [6.45, 7) is 5.64. The van der Waals surface area contributed by atoms with Gasteiger partial charge in [0.2, 0.25) is 0 Å². The van der Waals surface area contributed by atoms with E-state index in [0.717, 1.165) is 12.8 Å². The standard InChI is InChI=1S/C9H17NO3/c1-9(2,3)13-10-7(8(11)12)6-4-5-6/h6-7,10H,4-5H2,1-3H3,(H,11,12). The number of carbonyl (C=O) groups is 1. The number of hydroxylamine groups is 1. The van der Waals surface area contributed by atoms with Gasteiger partial charge >= 0.3 is 5.97 Å². The molecule has 0 saturated heterocycles. The molecule has 1 rings (SSSR count). The van der Waals surface area contributed by atoms with Gasteiger partial charge in [0.25, 0.3) is 0 Å². The van der Waals surface area contributed by atoms with Crippen molar-refractivity contribution in [2.75, 3.05) is 0 Å². The normalized spacial score (nSPS) is 19.9. The monoisotopic (exact) mass is 187 g/mol. The first-order valence-electron chi connectivity index (χ1n) is 4.56. The van der Waals surface area contributed by atoms with E-state index in [1.54, 1.807) is 0 Å². The summed E-state index contributed by atoms with van der Waals surface area (Å²) in [5.74, 6) is -0.577. The summed E-state index contributed by atoms with van der Waals surface area (Å²) >= 11 is 0. The molecule has 4 heteroatoms. The average molecular weight is 187 g/mol. The fraction of sp³-hybridized carbons (Fsp3) is 0.889. The van der Waals surface area contributed by atoms with Crippen LogP contribution in [0, 0.1) is 5.92 Å². The van der Waals surface area contributed by atoms with Crippen molar-refractivity contribution < 1.29 is 14.7 Å². The minimum atomic E-state index is -0.827. The molecule has 0 heterocycles. The Morgan fingerprint density at radius 1 is 1.54 bits per heavy atom. The van der Waals surface area contributed by atoms with Gasteiger partial charge in [0.1, 0.15) is 6.04 Å². The fourth-order valence-corrected chi connectivity index (χ4v) is 1.02. The van der Waals surface area contributed by atoms with Gasteiger partial charge in [-0.05, 0) is 39.5 Å². The average Bonchev–Trinajstić information content (AvgIpc) is 2.67. The smallest absolute Gasteiger partial charge is 0.323 e. The Hall–Kier alpha value is -0.610. The molecule has 1 saturated carbocycles. The molecule has 0 spiro atoms. The van der Waals surface area contributed by atoms with Crippen LogP contribution in [0.15, 0.2) is 0 Å². The summed E-state index contributed by atoms with van der Waals surface area (Å²) in [5, 5.41) is 8.84. The van der Waals surface area contributed by atoms with Crippen molar-refractivity contribution in [3.8, 4) is 0 Å². The van der Waals surface area contributed by atoms with Crippen LogP contribution in [0.1, 0.15) is 33.6 Å². The topological polar surface area (TPSA) is 58.6 Å². The first-order valence-corrected chi connectivity index (χ1v) is 4.56. The summed E-state index contributed by atoms with van der Waals surface area (Å²) in [6, 6.07) is -0.542. The van der Waals surface area contributed by atoms with Gasteiger partial charge in [-0.15, -0.1) is 0 Å². The van der Waals surface area contributed by atoms with Crippen LogP contribution in [0.25, 0.3) is 0 Å². The van der Waals surface area contributed by atoms with Gasteiger partial charge in [0.05, 0.1) is 5.60 Å². The van der Waals surface area contributed by atoms with Crippen LogP contribution >= 0.6 is 0 Å². The quantitative estimate of drug-likeness (QED) is 0.649. The van der Waals surface area contributed by atoms with E-state index >= 15 is 0 Å². The van der Waals surface area contributed by atoms with Crippen molar-refractivity contribution in [2.24, 2.45) is 5.92 Å². The number of hydrogen-bond acceptors (Lipinski definition) is 3. The number of aliphatic carboxylic acids is 1. The third kappa shape index (κ3) is 3.74. The molecule has 2 N–H and O–H groups in total. The van der Waals surface area contributed by atoms with E-state index in [1.165, 1.54) is 0 Å². The Morgan fingerprint density at radius 2 is 2.08 bits per heavy atom. The number of nitrogens with one attached hydrogen (secondary N) is 1. The maximum atomic E-state index is 10.8. The second kappa shape index (κ2) is 3.64. The molecule has 0 aromatic carbocycles. The van der Waals surface area contributed by atoms with Gasteiger partial charge in [0.15, 0.2) is 0 Å². The van der Waals surface area contributed by atoms with Crippen molar-refractivity contribution in [1.29, 1.82) is 0 Å². The molecule has 1 fully saturated rings. The summed E-state index contributed by atoms with van der Waals surface area (Å²) < 4.78 is 0. The number of hydrogen-bond donors (Lipinski definition) is 2. The fourth-order valence-electron chi connectivity index (χ4n) is 1.02. The molecular weight excluding hydrogens is 170 g/mol. The minimum absolute atomic E-state index is 0.250. The maximum absolute atomic E-state index is 10.8. The van der Waals surface area contributed by atoms with Gasteiger partial charge < -0.3 is 5.11 Å². The minimum Gasteiger partial charge on any atom is -0.480 e. The van der Waals surface area contributed by atoms with Crippen LogP contribution < -0.4 is 5.48 Å². The molecule has 1 aliphatic rings. The third-order valence-corrected chi connectivity index (χ3v) is 1.85. The summed E-state index contributed by atoms with van der Waals surface area (Å²) in [5.41, 5.74) is 2.28. The van der Waals surface area contributed by atoms with E-state index in [4.69, 9.17) is 9.94 Å². The van der Waals surface area contributed by atoms with Crippen LogP contribution in [0.4, 0.5) is 0 Å². The lowest BCUT2D eigenvalue weighted by Gasteiger charge is -2.22. The molecule has 4 nitrogen and oxygen atoms in total. The van der Waals surface area contributed by atoms with E-state index in [-0.39, 0.29) is 11.5 Å². The van der Waals surface area contributed by atoms with E-state index in [1.807, 2.05) is 20.8 Å². The zero-order valence-electron chi connectivity index (χ0n) is 8.33. The Balaban J connectivity index is 2.35. The van der Waals surface area contributed by atoms with Crippen LogP contribution in [0.2, 0.25) is 0 Å². The zero-order valence-corrected chi connectivity index (χ0v) is 8.33. The molecule has 1 atom stereocenters. The highest BCUT2D eigenvalue weighted by molar-refractivity contribution is 5.74. The number of carboxylic acids is 1. The zero-order chi connectivity index (χ0) is 10.1. The molecule has 0 amide bonds. The first kappa shape index (κ1) is 10.5. The molecule has 0 aliphatic heterocycles. The van der Waals surface area contributed by atoms with Crippen LogP contribution in [-0.4, -0.2) is 22.7 Å². The third-order valence-electron chi connectivity index (χ3n) is 1.85. The molecule has 0 aromatic rings. The van der Waals surface area contributed by atoms with Gasteiger partial charge in [-0.3, -0.25) is 9.63 Å². The lowest BCUT2D eigenvalue weighted by Crippen LogP contribution is -2.42. The molecule has 13 heavy (non-hydrogen) atoms. The predicted molar refractivity (Wildman–Crippen MR) is 48.1 cm³/mol. The number of carboxylic acid groups (broad SMARTS) is 1.